The molecule has 1 fully saturated rings. The van der Waals surface area contributed by atoms with Gasteiger partial charge < -0.3 is 5.11 Å². The highest BCUT2D eigenvalue weighted by Gasteiger charge is 2.33. The summed E-state index contributed by atoms with van der Waals surface area (Å²) in [7, 11) is 0. The van der Waals surface area contributed by atoms with Crippen molar-refractivity contribution in [3.05, 3.63) is 71.3 Å². The summed E-state index contributed by atoms with van der Waals surface area (Å²) < 4.78 is 0.473. The number of phenolic OH excluding ortho intramolecular Hbond substituents is 1. The summed E-state index contributed by atoms with van der Waals surface area (Å²) in [5.41, 5.74) is 2.45. The number of anilines is 1. The fourth-order valence-corrected chi connectivity index (χ4v) is 3.97. The molecule has 0 aliphatic carbocycles. The molecule has 1 saturated heterocycles. The van der Waals surface area contributed by atoms with Gasteiger partial charge in [0.1, 0.15) is 5.75 Å². The second kappa shape index (κ2) is 6.31. The summed E-state index contributed by atoms with van der Waals surface area (Å²) in [4.78, 5) is 19.2. The number of thiocarbonyl (C=S) groups is 1. The van der Waals surface area contributed by atoms with Crippen molar-refractivity contribution >= 4 is 56.9 Å². The number of amides is 1. The Labute approximate surface area is 153 Å². The monoisotopic (exact) mass is 364 g/mol. The number of pyridine rings is 1. The van der Waals surface area contributed by atoms with Gasteiger partial charge in [0.15, 0.2) is 4.32 Å². The van der Waals surface area contributed by atoms with E-state index in [0.717, 1.165) is 16.5 Å². The molecular formula is C19H12N2O2S2. The average Bonchev–Trinajstić information content (AvgIpc) is 2.90. The van der Waals surface area contributed by atoms with E-state index >= 15 is 0 Å². The minimum Gasteiger partial charge on any atom is -0.508 e. The van der Waals surface area contributed by atoms with Crippen LogP contribution in [0.4, 0.5) is 5.69 Å². The quantitative estimate of drug-likeness (QED) is 0.541. The Kier molecular flexibility index (Phi) is 3.99. The van der Waals surface area contributed by atoms with Gasteiger partial charge in [0.05, 0.1) is 16.1 Å². The lowest BCUT2D eigenvalue weighted by Crippen LogP contribution is -2.27. The molecule has 0 radical (unpaired) electrons. The van der Waals surface area contributed by atoms with Crippen molar-refractivity contribution in [1.29, 1.82) is 0 Å². The zero-order valence-corrected chi connectivity index (χ0v) is 14.6. The number of hydrogen-bond acceptors (Lipinski definition) is 5. The number of phenols is 1. The topological polar surface area (TPSA) is 53.4 Å². The molecule has 4 nitrogen and oxygen atoms in total. The predicted molar refractivity (Wildman–Crippen MR) is 106 cm³/mol. The molecule has 3 aromatic rings. The standard InChI is InChI=1S/C19H12N2O2S2/c22-14-7-5-13(6-8-14)21-18(23)17(25-19(21)24)11-12-9-10-20-16-4-2-1-3-15(12)16/h1-11,22H/b17-11-. The molecule has 1 aliphatic heterocycles. The zero-order chi connectivity index (χ0) is 17.4. The first-order valence-corrected chi connectivity index (χ1v) is 8.77. The molecule has 4 rings (SSSR count). The lowest BCUT2D eigenvalue weighted by Gasteiger charge is -2.14. The minimum atomic E-state index is -0.165. The normalized spacial score (nSPS) is 16.2. The van der Waals surface area contributed by atoms with E-state index in [2.05, 4.69) is 4.98 Å². The third-order valence-corrected chi connectivity index (χ3v) is 5.17. The predicted octanol–water partition coefficient (Wildman–Crippen LogP) is 4.35. The van der Waals surface area contributed by atoms with Crippen molar-refractivity contribution < 1.29 is 9.90 Å². The highest BCUT2D eigenvalue weighted by atomic mass is 32.2. The molecule has 2 heterocycles. The van der Waals surface area contributed by atoms with Gasteiger partial charge in [-0.25, -0.2) is 0 Å². The third kappa shape index (κ3) is 2.90. The van der Waals surface area contributed by atoms with Crippen LogP contribution in [0.5, 0.6) is 5.75 Å². The number of carbonyl (C=O) groups excluding carboxylic acids is 1. The summed E-state index contributed by atoms with van der Waals surface area (Å²) in [6.07, 6.45) is 3.58. The highest BCUT2D eigenvalue weighted by molar-refractivity contribution is 8.27. The van der Waals surface area contributed by atoms with E-state index in [1.165, 1.54) is 28.8 Å². The second-order valence-electron chi connectivity index (χ2n) is 5.45. The SMILES string of the molecule is O=C1/C(=C/c2ccnc3ccccc23)SC(=S)N1c1ccc(O)cc1. The van der Waals surface area contributed by atoms with E-state index in [9.17, 15) is 9.90 Å². The smallest absolute Gasteiger partial charge is 0.270 e. The van der Waals surface area contributed by atoms with E-state index in [-0.39, 0.29) is 11.7 Å². The van der Waals surface area contributed by atoms with Crippen LogP contribution >= 0.6 is 24.0 Å². The molecule has 2 aromatic carbocycles. The van der Waals surface area contributed by atoms with Crippen LogP contribution in [-0.2, 0) is 4.79 Å². The van der Waals surface area contributed by atoms with Crippen LogP contribution in [0.3, 0.4) is 0 Å². The molecule has 6 heteroatoms. The molecule has 1 amide bonds. The van der Waals surface area contributed by atoms with Crippen LogP contribution in [0.2, 0.25) is 0 Å². The number of aromatic nitrogens is 1. The van der Waals surface area contributed by atoms with Gasteiger partial charge in [0.2, 0.25) is 0 Å². The van der Waals surface area contributed by atoms with Gasteiger partial charge in [-0.2, -0.15) is 0 Å². The van der Waals surface area contributed by atoms with Gasteiger partial charge >= 0.3 is 0 Å². The molecule has 0 bridgehead atoms. The molecule has 0 saturated carbocycles. The number of para-hydroxylation sites is 1. The molecule has 0 spiro atoms. The van der Waals surface area contributed by atoms with Crippen molar-refractivity contribution in [2.75, 3.05) is 4.90 Å². The molecule has 0 atom stereocenters. The summed E-state index contributed by atoms with van der Waals surface area (Å²) >= 11 is 6.64. The summed E-state index contributed by atoms with van der Waals surface area (Å²) in [6, 6.07) is 16.1. The Hall–Kier alpha value is -2.70. The maximum absolute atomic E-state index is 12.8. The van der Waals surface area contributed by atoms with Crippen LogP contribution < -0.4 is 4.90 Å². The molecule has 1 aromatic heterocycles. The number of benzene rings is 2. The number of carbonyl (C=O) groups is 1. The van der Waals surface area contributed by atoms with E-state index < -0.39 is 0 Å². The fourth-order valence-electron chi connectivity index (χ4n) is 2.68. The largest absolute Gasteiger partial charge is 0.508 e. The summed E-state index contributed by atoms with van der Waals surface area (Å²) in [6.45, 7) is 0. The molecule has 122 valence electrons. The Morgan fingerprint density at radius 3 is 2.64 bits per heavy atom. The van der Waals surface area contributed by atoms with E-state index in [1.54, 1.807) is 18.3 Å². The highest BCUT2D eigenvalue weighted by Crippen LogP contribution is 2.37. The lowest BCUT2D eigenvalue weighted by atomic mass is 10.1. The molecule has 1 aliphatic rings. The van der Waals surface area contributed by atoms with Gasteiger partial charge in [0, 0.05) is 11.6 Å². The van der Waals surface area contributed by atoms with Crippen molar-refractivity contribution in [1.82, 2.24) is 4.98 Å². The summed E-state index contributed by atoms with van der Waals surface area (Å²) in [5, 5.41) is 10.4. The fraction of sp³-hybridized carbons (Fsp3) is 0. The van der Waals surface area contributed by atoms with Crippen LogP contribution in [0, 0.1) is 0 Å². The molecule has 25 heavy (non-hydrogen) atoms. The maximum atomic E-state index is 12.8. The number of aromatic hydroxyl groups is 1. The molecule has 1 N–H and O–H groups in total. The van der Waals surface area contributed by atoms with Crippen molar-refractivity contribution in [2.45, 2.75) is 0 Å². The van der Waals surface area contributed by atoms with Crippen molar-refractivity contribution in [2.24, 2.45) is 0 Å². The first-order valence-electron chi connectivity index (χ1n) is 7.54. The zero-order valence-electron chi connectivity index (χ0n) is 12.9. The first-order chi connectivity index (χ1) is 12.1. The van der Waals surface area contributed by atoms with Gasteiger partial charge in [-0.1, -0.05) is 42.2 Å². The van der Waals surface area contributed by atoms with Crippen molar-refractivity contribution in [3.8, 4) is 5.75 Å². The number of nitrogens with zero attached hydrogens (tertiary/aromatic N) is 2. The average molecular weight is 364 g/mol. The number of rotatable bonds is 2. The minimum absolute atomic E-state index is 0.146. The second-order valence-corrected chi connectivity index (χ2v) is 7.13. The van der Waals surface area contributed by atoms with E-state index in [1.807, 2.05) is 36.4 Å². The van der Waals surface area contributed by atoms with Gasteiger partial charge in [-0.05, 0) is 48.0 Å². The Balaban J connectivity index is 1.74. The Morgan fingerprint density at radius 2 is 1.84 bits per heavy atom. The van der Waals surface area contributed by atoms with E-state index in [0.29, 0.717) is 14.9 Å². The van der Waals surface area contributed by atoms with Crippen LogP contribution in [0.25, 0.3) is 17.0 Å². The maximum Gasteiger partial charge on any atom is 0.270 e. The summed E-state index contributed by atoms with van der Waals surface area (Å²) in [5.74, 6) is -0.0189. The molecular weight excluding hydrogens is 352 g/mol. The Morgan fingerprint density at radius 1 is 1.08 bits per heavy atom. The number of hydrogen-bond donors (Lipinski definition) is 1. The third-order valence-electron chi connectivity index (χ3n) is 3.87. The number of fused-ring (bicyclic) bond motifs is 1. The van der Waals surface area contributed by atoms with Crippen LogP contribution in [0.15, 0.2) is 65.7 Å². The lowest BCUT2D eigenvalue weighted by molar-refractivity contribution is -0.113. The first kappa shape index (κ1) is 15.8. The van der Waals surface area contributed by atoms with Gasteiger partial charge in [-0.3, -0.25) is 14.7 Å². The molecule has 0 unspecified atom stereocenters. The van der Waals surface area contributed by atoms with Crippen molar-refractivity contribution in [3.63, 3.8) is 0 Å². The van der Waals surface area contributed by atoms with E-state index in [4.69, 9.17) is 12.2 Å². The Bertz CT molecular complexity index is 1020. The van der Waals surface area contributed by atoms with Crippen LogP contribution in [0.1, 0.15) is 5.56 Å². The number of thioether (sulfide) groups is 1. The van der Waals surface area contributed by atoms with Gasteiger partial charge in [0.25, 0.3) is 5.91 Å². The van der Waals surface area contributed by atoms with Crippen LogP contribution in [-0.4, -0.2) is 20.3 Å². The van der Waals surface area contributed by atoms with Gasteiger partial charge in [-0.15, -0.1) is 0 Å².